The Morgan fingerprint density at radius 1 is 1.25 bits per heavy atom. The molecule has 3 heteroatoms. The molecule has 0 aliphatic rings. The monoisotopic (exact) mass is 223 g/mol. The number of rotatable bonds is 6. The Morgan fingerprint density at radius 3 is 2.38 bits per heavy atom. The molecule has 0 heterocycles. The molecule has 0 saturated carbocycles. The maximum absolute atomic E-state index is 9.58. The number of benzene rings is 1. The Hall–Kier alpha value is -0.900. The molecule has 3 nitrogen and oxygen atoms in total. The van der Waals surface area contributed by atoms with Crippen molar-refractivity contribution in [2.45, 2.75) is 31.9 Å². The van der Waals surface area contributed by atoms with Crippen LogP contribution in [-0.4, -0.2) is 35.0 Å². The molecular formula is C13H21NO2. The summed E-state index contributed by atoms with van der Waals surface area (Å²) in [6.45, 7) is 4.05. The van der Waals surface area contributed by atoms with E-state index in [0.29, 0.717) is 6.54 Å². The Bertz CT molecular complexity index is 293. The van der Waals surface area contributed by atoms with E-state index in [4.69, 9.17) is 0 Å². The summed E-state index contributed by atoms with van der Waals surface area (Å²) in [4.78, 5) is 0. The first-order valence-electron chi connectivity index (χ1n) is 5.62. The number of aliphatic hydroxyl groups excluding tert-OH is 1. The third-order valence-electron chi connectivity index (χ3n) is 2.37. The van der Waals surface area contributed by atoms with Crippen LogP contribution in [0.4, 0.5) is 0 Å². The first-order chi connectivity index (χ1) is 7.51. The van der Waals surface area contributed by atoms with Gasteiger partial charge in [0.2, 0.25) is 0 Å². The van der Waals surface area contributed by atoms with Gasteiger partial charge >= 0.3 is 0 Å². The molecule has 1 unspecified atom stereocenters. The number of hydrogen-bond donors (Lipinski definition) is 3. The quantitative estimate of drug-likeness (QED) is 0.673. The fourth-order valence-corrected chi connectivity index (χ4v) is 1.49. The predicted octanol–water partition coefficient (Wildman–Crippen LogP) is 0.950. The summed E-state index contributed by atoms with van der Waals surface area (Å²) in [5, 5.41) is 22.0. The van der Waals surface area contributed by atoms with Crippen molar-refractivity contribution in [3.05, 3.63) is 35.9 Å². The van der Waals surface area contributed by atoms with E-state index in [1.807, 2.05) is 30.3 Å². The van der Waals surface area contributed by atoms with Gasteiger partial charge in [0.1, 0.15) is 0 Å². The van der Waals surface area contributed by atoms with E-state index in [1.54, 1.807) is 13.8 Å². The van der Waals surface area contributed by atoms with Crippen LogP contribution in [0.2, 0.25) is 0 Å². The zero-order valence-electron chi connectivity index (χ0n) is 9.98. The fraction of sp³-hybridized carbons (Fsp3) is 0.538. The number of hydrogen-bond acceptors (Lipinski definition) is 3. The SMILES string of the molecule is CC(C)(O)CNC(CO)Cc1ccccc1. The minimum Gasteiger partial charge on any atom is -0.395 e. The van der Waals surface area contributed by atoms with Gasteiger partial charge in [0.15, 0.2) is 0 Å². The standard InChI is InChI=1S/C13H21NO2/c1-13(2,16)10-14-12(9-15)8-11-6-4-3-5-7-11/h3-7,12,14-16H,8-10H2,1-2H3. The lowest BCUT2D eigenvalue weighted by Crippen LogP contribution is -2.43. The molecule has 0 saturated heterocycles. The highest BCUT2D eigenvalue weighted by atomic mass is 16.3. The minimum absolute atomic E-state index is 0.00572. The molecule has 0 spiro atoms. The first-order valence-corrected chi connectivity index (χ1v) is 5.62. The van der Waals surface area contributed by atoms with Crippen LogP contribution in [0, 0.1) is 0 Å². The van der Waals surface area contributed by atoms with Gasteiger partial charge in [-0.05, 0) is 25.8 Å². The van der Waals surface area contributed by atoms with E-state index in [2.05, 4.69) is 5.32 Å². The molecular weight excluding hydrogens is 202 g/mol. The Kier molecular flexibility index (Phi) is 4.93. The molecule has 0 aromatic heterocycles. The second-order valence-electron chi connectivity index (χ2n) is 4.76. The first kappa shape index (κ1) is 13.2. The summed E-state index contributed by atoms with van der Waals surface area (Å²) >= 11 is 0. The predicted molar refractivity (Wildman–Crippen MR) is 65.3 cm³/mol. The van der Waals surface area contributed by atoms with Gasteiger partial charge in [-0.3, -0.25) is 0 Å². The molecule has 0 fully saturated rings. The van der Waals surface area contributed by atoms with Crippen molar-refractivity contribution in [3.63, 3.8) is 0 Å². The highest BCUT2D eigenvalue weighted by Crippen LogP contribution is 2.04. The summed E-state index contributed by atoms with van der Waals surface area (Å²) in [5.74, 6) is 0. The summed E-state index contributed by atoms with van der Waals surface area (Å²) in [6, 6.07) is 10.0. The Labute approximate surface area is 97.1 Å². The van der Waals surface area contributed by atoms with E-state index in [1.165, 1.54) is 5.56 Å². The molecule has 1 aromatic carbocycles. The highest BCUT2D eigenvalue weighted by molar-refractivity contribution is 5.15. The summed E-state index contributed by atoms with van der Waals surface area (Å²) < 4.78 is 0. The van der Waals surface area contributed by atoms with Crippen molar-refractivity contribution in [1.82, 2.24) is 5.32 Å². The molecule has 0 amide bonds. The van der Waals surface area contributed by atoms with Gasteiger partial charge in [-0.1, -0.05) is 30.3 Å². The van der Waals surface area contributed by atoms with E-state index in [-0.39, 0.29) is 12.6 Å². The smallest absolute Gasteiger partial charge is 0.0715 e. The average Bonchev–Trinajstić information content (AvgIpc) is 2.24. The number of aliphatic hydroxyl groups is 2. The second kappa shape index (κ2) is 5.99. The fourth-order valence-electron chi connectivity index (χ4n) is 1.49. The van der Waals surface area contributed by atoms with E-state index < -0.39 is 5.60 Å². The second-order valence-corrected chi connectivity index (χ2v) is 4.76. The highest BCUT2D eigenvalue weighted by Gasteiger charge is 2.15. The van der Waals surface area contributed by atoms with Crippen molar-refractivity contribution >= 4 is 0 Å². The van der Waals surface area contributed by atoms with E-state index >= 15 is 0 Å². The molecule has 1 aromatic rings. The maximum Gasteiger partial charge on any atom is 0.0715 e. The zero-order valence-corrected chi connectivity index (χ0v) is 9.98. The minimum atomic E-state index is -0.746. The normalized spacial score (nSPS) is 13.8. The summed E-state index contributed by atoms with van der Waals surface area (Å²) in [5.41, 5.74) is 0.439. The summed E-state index contributed by atoms with van der Waals surface area (Å²) in [6.07, 6.45) is 0.771. The zero-order chi connectivity index (χ0) is 12.0. The Morgan fingerprint density at radius 2 is 1.88 bits per heavy atom. The maximum atomic E-state index is 9.58. The van der Waals surface area contributed by atoms with Crippen LogP contribution >= 0.6 is 0 Å². The van der Waals surface area contributed by atoms with Crippen LogP contribution in [0.5, 0.6) is 0 Å². The van der Waals surface area contributed by atoms with E-state index in [0.717, 1.165) is 6.42 Å². The molecule has 0 bridgehead atoms. The Balaban J connectivity index is 2.44. The molecule has 90 valence electrons. The lowest BCUT2D eigenvalue weighted by atomic mass is 10.0. The van der Waals surface area contributed by atoms with Crippen molar-refractivity contribution in [2.24, 2.45) is 0 Å². The van der Waals surface area contributed by atoms with Gasteiger partial charge in [0.25, 0.3) is 0 Å². The van der Waals surface area contributed by atoms with Gasteiger partial charge < -0.3 is 15.5 Å². The summed E-state index contributed by atoms with van der Waals surface area (Å²) in [7, 11) is 0. The van der Waals surface area contributed by atoms with Gasteiger partial charge in [0, 0.05) is 12.6 Å². The topological polar surface area (TPSA) is 52.5 Å². The molecule has 0 radical (unpaired) electrons. The molecule has 1 rings (SSSR count). The van der Waals surface area contributed by atoms with Crippen LogP contribution < -0.4 is 5.32 Å². The molecule has 0 aliphatic heterocycles. The largest absolute Gasteiger partial charge is 0.395 e. The van der Waals surface area contributed by atoms with Crippen molar-refractivity contribution in [1.29, 1.82) is 0 Å². The van der Waals surface area contributed by atoms with Gasteiger partial charge in [-0.15, -0.1) is 0 Å². The van der Waals surface area contributed by atoms with Crippen LogP contribution in [0.25, 0.3) is 0 Å². The van der Waals surface area contributed by atoms with Gasteiger partial charge in [-0.25, -0.2) is 0 Å². The van der Waals surface area contributed by atoms with Crippen LogP contribution in [-0.2, 0) is 6.42 Å². The molecule has 1 atom stereocenters. The van der Waals surface area contributed by atoms with Crippen LogP contribution in [0.1, 0.15) is 19.4 Å². The van der Waals surface area contributed by atoms with Crippen molar-refractivity contribution < 1.29 is 10.2 Å². The average molecular weight is 223 g/mol. The van der Waals surface area contributed by atoms with Crippen LogP contribution in [0.3, 0.4) is 0 Å². The van der Waals surface area contributed by atoms with Gasteiger partial charge in [-0.2, -0.15) is 0 Å². The molecule has 0 aliphatic carbocycles. The van der Waals surface area contributed by atoms with Crippen molar-refractivity contribution in [2.75, 3.05) is 13.2 Å². The van der Waals surface area contributed by atoms with Crippen LogP contribution in [0.15, 0.2) is 30.3 Å². The third kappa shape index (κ3) is 5.26. The lowest BCUT2D eigenvalue weighted by molar-refractivity contribution is 0.0729. The van der Waals surface area contributed by atoms with Crippen molar-refractivity contribution in [3.8, 4) is 0 Å². The van der Waals surface area contributed by atoms with Gasteiger partial charge in [0.05, 0.1) is 12.2 Å². The molecule has 16 heavy (non-hydrogen) atoms. The van der Waals surface area contributed by atoms with E-state index in [9.17, 15) is 10.2 Å². The lowest BCUT2D eigenvalue weighted by Gasteiger charge is -2.23. The third-order valence-corrected chi connectivity index (χ3v) is 2.37. The number of nitrogens with one attached hydrogen (secondary N) is 1. The molecule has 3 N–H and O–H groups in total.